The van der Waals surface area contributed by atoms with Crippen LogP contribution in [-0.4, -0.2) is 29.5 Å². The first-order chi connectivity index (χ1) is 11.8. The molecule has 3 N–H and O–H groups in total. The Morgan fingerprint density at radius 2 is 2.08 bits per heavy atom. The first-order valence-electron chi connectivity index (χ1n) is 7.48. The lowest BCUT2D eigenvalue weighted by Gasteiger charge is -2.30. The highest BCUT2D eigenvalue weighted by Gasteiger charge is 2.32. The molecule has 0 amide bonds. The molecule has 2 heterocycles. The fourth-order valence-electron chi connectivity index (χ4n) is 2.71. The van der Waals surface area contributed by atoms with Crippen molar-refractivity contribution in [3.63, 3.8) is 0 Å². The van der Waals surface area contributed by atoms with Crippen molar-refractivity contribution < 1.29 is 17.9 Å². The molecule has 1 aliphatic heterocycles. The van der Waals surface area contributed by atoms with E-state index in [1.54, 1.807) is 12.3 Å². The fourth-order valence-corrected chi connectivity index (χ4v) is 2.71. The zero-order valence-electron chi connectivity index (χ0n) is 13.4. The van der Waals surface area contributed by atoms with E-state index in [-0.39, 0.29) is 17.4 Å². The number of aromatic nitrogens is 2. The number of fused-ring (bicyclic) bond motifs is 1. The topological polar surface area (TPSA) is 88.1 Å². The van der Waals surface area contributed by atoms with E-state index < -0.39 is 11.7 Å². The number of hydrogen-bond donors (Lipinski definition) is 2. The average molecular weight is 351 g/mol. The quantitative estimate of drug-likeness (QED) is 0.655. The Hall–Kier alpha value is -2.84. The van der Waals surface area contributed by atoms with Crippen molar-refractivity contribution in [2.24, 2.45) is 5.73 Å². The van der Waals surface area contributed by atoms with E-state index in [2.05, 4.69) is 9.97 Å². The van der Waals surface area contributed by atoms with Crippen LogP contribution in [0.25, 0.3) is 0 Å². The summed E-state index contributed by atoms with van der Waals surface area (Å²) in [6, 6.07) is 3.66. The van der Waals surface area contributed by atoms with Gasteiger partial charge in [0, 0.05) is 43.0 Å². The van der Waals surface area contributed by atoms with Crippen molar-refractivity contribution in [1.29, 1.82) is 5.41 Å². The summed E-state index contributed by atoms with van der Waals surface area (Å²) in [5.74, 6) is 0.0968. The summed E-state index contributed by atoms with van der Waals surface area (Å²) < 4.78 is 44.3. The second-order valence-electron chi connectivity index (χ2n) is 5.67. The molecule has 3 rings (SSSR count). The first kappa shape index (κ1) is 17.0. The molecular formula is C16H16F3N5O. The van der Waals surface area contributed by atoms with Gasteiger partial charge in [-0.1, -0.05) is 0 Å². The Balaban J connectivity index is 1.92. The lowest BCUT2D eigenvalue weighted by atomic mass is 10.1. The van der Waals surface area contributed by atoms with Crippen molar-refractivity contribution in [2.45, 2.75) is 19.1 Å². The number of nitrogens with one attached hydrogen (secondary N) is 1. The van der Waals surface area contributed by atoms with Crippen molar-refractivity contribution in [2.75, 3.05) is 18.6 Å². The van der Waals surface area contributed by atoms with Gasteiger partial charge >= 0.3 is 6.18 Å². The Morgan fingerprint density at radius 3 is 2.72 bits per heavy atom. The highest BCUT2D eigenvalue weighted by Crippen LogP contribution is 2.36. The van der Waals surface area contributed by atoms with Gasteiger partial charge < -0.3 is 15.4 Å². The van der Waals surface area contributed by atoms with E-state index in [4.69, 9.17) is 15.9 Å². The van der Waals surface area contributed by atoms with E-state index in [1.807, 2.05) is 4.90 Å². The number of nitrogens with two attached hydrogens (primary N) is 1. The minimum atomic E-state index is -4.45. The Morgan fingerprint density at radius 1 is 1.32 bits per heavy atom. The largest absolute Gasteiger partial charge is 0.497 e. The number of ether oxygens (including phenoxy) is 1. The molecule has 0 aliphatic carbocycles. The molecule has 1 aromatic carbocycles. The van der Waals surface area contributed by atoms with Gasteiger partial charge in [0.05, 0.1) is 18.4 Å². The smallest absolute Gasteiger partial charge is 0.416 e. The minimum absolute atomic E-state index is 0.152. The highest BCUT2D eigenvalue weighted by molar-refractivity contribution is 5.91. The van der Waals surface area contributed by atoms with Gasteiger partial charge in [0.2, 0.25) is 0 Å². The van der Waals surface area contributed by atoms with Crippen molar-refractivity contribution in [3.05, 3.63) is 47.0 Å². The molecule has 9 heteroatoms. The standard InChI is InChI=1S/C16H16F3N5O/c1-25-12-5-10(16(17,18)19)4-11(6-12)24-3-2-13-9(8-24)7-22-15(23-13)14(20)21/h4-7H,2-3,8H2,1H3,(H3,20,21). The maximum Gasteiger partial charge on any atom is 0.416 e. The number of anilines is 1. The van der Waals surface area contributed by atoms with Crippen LogP contribution in [0, 0.1) is 5.41 Å². The predicted octanol–water partition coefficient (Wildman–Crippen LogP) is 2.35. The molecule has 0 spiro atoms. The van der Waals surface area contributed by atoms with E-state index in [1.165, 1.54) is 7.11 Å². The minimum Gasteiger partial charge on any atom is -0.497 e. The van der Waals surface area contributed by atoms with Gasteiger partial charge in [-0.25, -0.2) is 9.97 Å². The van der Waals surface area contributed by atoms with Crippen molar-refractivity contribution in [1.82, 2.24) is 9.97 Å². The fraction of sp³-hybridized carbons (Fsp3) is 0.312. The first-order valence-corrected chi connectivity index (χ1v) is 7.48. The molecule has 132 valence electrons. The summed E-state index contributed by atoms with van der Waals surface area (Å²) in [7, 11) is 1.34. The number of hydrogen-bond acceptors (Lipinski definition) is 5. The maximum absolute atomic E-state index is 13.1. The molecule has 0 saturated heterocycles. The van der Waals surface area contributed by atoms with Crippen LogP contribution in [0.1, 0.15) is 22.6 Å². The van der Waals surface area contributed by atoms with Crippen LogP contribution in [-0.2, 0) is 19.1 Å². The molecule has 2 aromatic rings. The van der Waals surface area contributed by atoms with Gasteiger partial charge in [0.15, 0.2) is 11.7 Å². The van der Waals surface area contributed by atoms with Crippen molar-refractivity contribution in [3.8, 4) is 5.75 Å². The number of nitrogens with zero attached hydrogens (tertiary/aromatic N) is 3. The summed E-state index contributed by atoms with van der Waals surface area (Å²) >= 11 is 0. The molecule has 0 fully saturated rings. The predicted molar refractivity (Wildman–Crippen MR) is 85.8 cm³/mol. The summed E-state index contributed by atoms with van der Waals surface area (Å²) in [6.07, 6.45) is -2.36. The van der Waals surface area contributed by atoms with Gasteiger partial charge in [-0.3, -0.25) is 5.41 Å². The number of halogens is 3. The van der Waals surface area contributed by atoms with E-state index in [0.717, 1.165) is 23.4 Å². The molecule has 0 saturated carbocycles. The maximum atomic E-state index is 13.1. The number of rotatable bonds is 3. The molecule has 25 heavy (non-hydrogen) atoms. The second-order valence-corrected chi connectivity index (χ2v) is 5.67. The number of methoxy groups -OCH3 is 1. The summed E-state index contributed by atoms with van der Waals surface area (Å²) in [4.78, 5) is 10.1. The zero-order chi connectivity index (χ0) is 18.2. The number of amidine groups is 1. The van der Waals surface area contributed by atoms with Crippen LogP contribution in [0.4, 0.5) is 18.9 Å². The normalized spacial score (nSPS) is 14.2. The molecule has 0 atom stereocenters. The SMILES string of the molecule is COc1cc(N2CCc3nc(C(=N)N)ncc3C2)cc(C(F)(F)F)c1. The van der Waals surface area contributed by atoms with Gasteiger partial charge in [0.25, 0.3) is 0 Å². The zero-order valence-corrected chi connectivity index (χ0v) is 13.4. The summed E-state index contributed by atoms with van der Waals surface area (Å²) in [5, 5.41) is 7.38. The third kappa shape index (κ3) is 3.49. The third-order valence-electron chi connectivity index (χ3n) is 3.99. The van der Waals surface area contributed by atoms with Crippen LogP contribution in [0.3, 0.4) is 0 Å². The van der Waals surface area contributed by atoms with Crippen LogP contribution in [0.5, 0.6) is 5.75 Å². The second kappa shape index (κ2) is 6.23. The number of nitrogen functional groups attached to an aromatic ring is 1. The number of alkyl halides is 3. The van der Waals surface area contributed by atoms with Gasteiger partial charge in [-0.2, -0.15) is 13.2 Å². The Bertz CT molecular complexity index is 822. The van der Waals surface area contributed by atoms with Crippen LogP contribution in [0.15, 0.2) is 24.4 Å². The molecule has 0 radical (unpaired) electrons. The summed E-state index contributed by atoms with van der Waals surface area (Å²) in [6.45, 7) is 0.865. The molecular weight excluding hydrogens is 335 g/mol. The molecule has 0 bridgehead atoms. The molecule has 0 unspecified atom stereocenters. The monoisotopic (exact) mass is 351 g/mol. The Kier molecular flexibility index (Phi) is 4.23. The highest BCUT2D eigenvalue weighted by atomic mass is 19.4. The van der Waals surface area contributed by atoms with E-state index in [9.17, 15) is 13.2 Å². The van der Waals surface area contributed by atoms with Gasteiger partial charge in [-0.05, 0) is 12.1 Å². The number of benzene rings is 1. The summed E-state index contributed by atoms with van der Waals surface area (Å²) in [5.41, 5.74) is 6.61. The Labute approximate surface area is 142 Å². The molecule has 1 aliphatic rings. The van der Waals surface area contributed by atoms with Crippen LogP contribution < -0.4 is 15.4 Å². The average Bonchev–Trinajstić information content (AvgIpc) is 2.59. The van der Waals surface area contributed by atoms with Crippen molar-refractivity contribution >= 4 is 11.5 Å². The van der Waals surface area contributed by atoms with Crippen LogP contribution in [0.2, 0.25) is 0 Å². The van der Waals surface area contributed by atoms with Crippen LogP contribution >= 0.6 is 0 Å². The molecule has 1 aromatic heterocycles. The third-order valence-corrected chi connectivity index (χ3v) is 3.99. The van der Waals surface area contributed by atoms with E-state index in [0.29, 0.717) is 25.2 Å². The van der Waals surface area contributed by atoms with Gasteiger partial charge in [-0.15, -0.1) is 0 Å². The van der Waals surface area contributed by atoms with Gasteiger partial charge in [0.1, 0.15) is 5.75 Å². The molecule has 6 nitrogen and oxygen atoms in total. The lowest BCUT2D eigenvalue weighted by Crippen LogP contribution is -2.32. The lowest BCUT2D eigenvalue weighted by molar-refractivity contribution is -0.137. The van der Waals surface area contributed by atoms with E-state index >= 15 is 0 Å².